The van der Waals surface area contributed by atoms with Crippen molar-refractivity contribution in [2.75, 3.05) is 24.5 Å². The molecule has 3 nitrogen and oxygen atoms in total. The lowest BCUT2D eigenvalue weighted by atomic mass is 9.67. The zero-order chi connectivity index (χ0) is 15.6. The Morgan fingerprint density at radius 2 is 1.86 bits per heavy atom. The highest BCUT2D eigenvalue weighted by atomic mass is 16.3. The predicted molar refractivity (Wildman–Crippen MR) is 91.1 cm³/mol. The van der Waals surface area contributed by atoms with E-state index in [2.05, 4.69) is 48.3 Å². The minimum atomic E-state index is -0.408. The molecule has 0 spiro atoms. The van der Waals surface area contributed by atoms with Crippen LogP contribution in [0.3, 0.4) is 0 Å². The molecule has 3 atom stereocenters. The molecule has 0 radical (unpaired) electrons. The Morgan fingerprint density at radius 3 is 2.55 bits per heavy atom. The number of piperidine rings is 1. The van der Waals surface area contributed by atoms with Gasteiger partial charge < -0.3 is 15.3 Å². The fraction of sp³-hybridized carbons (Fsp3) is 0.684. The van der Waals surface area contributed by atoms with Crippen LogP contribution in [0.25, 0.3) is 0 Å². The highest BCUT2D eigenvalue weighted by molar-refractivity contribution is 5.47. The molecule has 0 bridgehead atoms. The number of aliphatic hydroxyl groups is 1. The fourth-order valence-electron chi connectivity index (χ4n) is 4.62. The van der Waals surface area contributed by atoms with E-state index in [4.69, 9.17) is 0 Å². The zero-order valence-electron chi connectivity index (χ0n) is 14.1. The summed E-state index contributed by atoms with van der Waals surface area (Å²) in [5, 5.41) is 13.5. The van der Waals surface area contributed by atoms with Gasteiger partial charge in [0.1, 0.15) is 6.04 Å². The summed E-state index contributed by atoms with van der Waals surface area (Å²) in [6.07, 6.45) is 5.61. The maximum atomic E-state index is 11.0. The molecule has 122 valence electrons. The molecule has 0 amide bonds. The standard InChI is InChI=1S/C19H30N2O/c1-3-21(4-2)16-10-8-15(9-11-16)18-17-7-5-6-12-19(17,22)13-14-20-18/h8-11,17-18,20,22H,3-7,12-14H2,1-2H3/p+1/t17-,18+,19-/m0/s1. The van der Waals surface area contributed by atoms with Crippen LogP contribution < -0.4 is 10.2 Å². The van der Waals surface area contributed by atoms with E-state index in [0.29, 0.717) is 12.0 Å². The van der Waals surface area contributed by atoms with Crippen molar-refractivity contribution in [3.8, 4) is 0 Å². The Labute approximate surface area is 134 Å². The van der Waals surface area contributed by atoms with Gasteiger partial charge in [-0.1, -0.05) is 25.0 Å². The first kappa shape index (κ1) is 15.8. The number of hydrogen-bond donors (Lipinski definition) is 2. The maximum absolute atomic E-state index is 11.0. The molecule has 1 aliphatic heterocycles. The molecule has 3 rings (SSSR count). The normalized spacial score (nSPS) is 31.6. The van der Waals surface area contributed by atoms with E-state index >= 15 is 0 Å². The molecule has 1 aromatic rings. The summed E-state index contributed by atoms with van der Waals surface area (Å²) in [4.78, 5) is 2.38. The van der Waals surface area contributed by atoms with Gasteiger partial charge in [-0.05, 0) is 38.8 Å². The monoisotopic (exact) mass is 303 g/mol. The smallest absolute Gasteiger partial charge is 0.117 e. The van der Waals surface area contributed by atoms with Crippen molar-refractivity contribution in [1.29, 1.82) is 0 Å². The quantitative estimate of drug-likeness (QED) is 0.897. The number of rotatable bonds is 4. The molecular weight excluding hydrogens is 272 g/mol. The molecule has 0 aromatic heterocycles. The molecule has 0 unspecified atom stereocenters. The second kappa shape index (κ2) is 6.59. The van der Waals surface area contributed by atoms with Crippen molar-refractivity contribution < 1.29 is 10.4 Å². The first-order valence-electron chi connectivity index (χ1n) is 9.08. The third-order valence-electron chi connectivity index (χ3n) is 5.90. The molecule has 3 N–H and O–H groups in total. The van der Waals surface area contributed by atoms with Gasteiger partial charge in [0, 0.05) is 36.7 Å². The van der Waals surface area contributed by atoms with E-state index in [0.717, 1.165) is 32.5 Å². The fourth-order valence-corrected chi connectivity index (χ4v) is 4.62. The summed E-state index contributed by atoms with van der Waals surface area (Å²) >= 11 is 0. The summed E-state index contributed by atoms with van der Waals surface area (Å²) in [7, 11) is 0. The number of quaternary nitrogens is 1. The first-order chi connectivity index (χ1) is 10.7. The van der Waals surface area contributed by atoms with Crippen LogP contribution in [0, 0.1) is 5.92 Å². The van der Waals surface area contributed by atoms with Gasteiger partial charge >= 0.3 is 0 Å². The summed E-state index contributed by atoms with van der Waals surface area (Å²) < 4.78 is 0. The molecule has 3 heteroatoms. The first-order valence-corrected chi connectivity index (χ1v) is 9.08. The van der Waals surface area contributed by atoms with Crippen LogP contribution in [0.5, 0.6) is 0 Å². The lowest BCUT2D eigenvalue weighted by Crippen LogP contribution is -2.91. The van der Waals surface area contributed by atoms with Crippen molar-refractivity contribution in [3.63, 3.8) is 0 Å². The van der Waals surface area contributed by atoms with Gasteiger partial charge in [-0.15, -0.1) is 0 Å². The van der Waals surface area contributed by atoms with Crippen LogP contribution in [0.15, 0.2) is 24.3 Å². The number of fused-ring (bicyclic) bond motifs is 1. The molecule has 1 aromatic carbocycles. The van der Waals surface area contributed by atoms with Gasteiger partial charge in [0.25, 0.3) is 0 Å². The van der Waals surface area contributed by atoms with Crippen molar-refractivity contribution in [1.82, 2.24) is 0 Å². The average molecular weight is 303 g/mol. The van der Waals surface area contributed by atoms with Gasteiger partial charge in [-0.3, -0.25) is 0 Å². The van der Waals surface area contributed by atoms with E-state index < -0.39 is 5.60 Å². The van der Waals surface area contributed by atoms with Crippen LogP contribution in [0.4, 0.5) is 5.69 Å². The van der Waals surface area contributed by atoms with Crippen molar-refractivity contribution >= 4 is 5.69 Å². The second-order valence-electron chi connectivity index (χ2n) is 7.02. The van der Waals surface area contributed by atoms with Crippen molar-refractivity contribution in [3.05, 3.63) is 29.8 Å². The lowest BCUT2D eigenvalue weighted by Gasteiger charge is -2.46. The van der Waals surface area contributed by atoms with E-state index in [9.17, 15) is 5.11 Å². The van der Waals surface area contributed by atoms with Gasteiger partial charge in [-0.2, -0.15) is 0 Å². The highest BCUT2D eigenvalue weighted by Gasteiger charge is 2.48. The summed E-state index contributed by atoms with van der Waals surface area (Å²) in [6, 6.07) is 9.52. The Morgan fingerprint density at radius 1 is 1.14 bits per heavy atom. The molecule has 2 aliphatic rings. The number of anilines is 1. The Bertz CT molecular complexity index is 479. The van der Waals surface area contributed by atoms with E-state index in [1.807, 2.05) is 0 Å². The molecule has 1 saturated heterocycles. The molecule has 22 heavy (non-hydrogen) atoms. The number of nitrogens with zero attached hydrogens (tertiary/aromatic N) is 1. The Kier molecular flexibility index (Phi) is 4.74. The third kappa shape index (κ3) is 2.89. The third-order valence-corrected chi connectivity index (χ3v) is 5.90. The zero-order valence-corrected chi connectivity index (χ0v) is 14.1. The number of benzene rings is 1. The van der Waals surface area contributed by atoms with Crippen molar-refractivity contribution in [2.24, 2.45) is 5.92 Å². The van der Waals surface area contributed by atoms with E-state index in [1.54, 1.807) is 0 Å². The SMILES string of the molecule is CCN(CC)c1ccc([C@H]2[NH2+]CC[C@@]3(O)CCCC[C@@H]23)cc1. The topological polar surface area (TPSA) is 40.1 Å². The van der Waals surface area contributed by atoms with E-state index in [-0.39, 0.29) is 0 Å². The van der Waals surface area contributed by atoms with Crippen LogP contribution >= 0.6 is 0 Å². The van der Waals surface area contributed by atoms with Crippen LogP contribution in [-0.4, -0.2) is 30.3 Å². The predicted octanol–water partition coefficient (Wildman–Crippen LogP) is 2.46. The molecule has 1 heterocycles. The van der Waals surface area contributed by atoms with Gasteiger partial charge in [0.05, 0.1) is 12.1 Å². The molecule has 1 saturated carbocycles. The summed E-state index contributed by atoms with van der Waals surface area (Å²) in [6.45, 7) is 7.56. The number of hydrogen-bond acceptors (Lipinski definition) is 2. The van der Waals surface area contributed by atoms with Crippen LogP contribution in [0.2, 0.25) is 0 Å². The Hall–Kier alpha value is -1.06. The van der Waals surface area contributed by atoms with Crippen LogP contribution in [0.1, 0.15) is 57.6 Å². The Balaban J connectivity index is 1.80. The lowest BCUT2D eigenvalue weighted by molar-refractivity contribution is -0.719. The van der Waals surface area contributed by atoms with Gasteiger partial charge in [0.15, 0.2) is 0 Å². The largest absolute Gasteiger partial charge is 0.389 e. The molecule has 2 fully saturated rings. The minimum Gasteiger partial charge on any atom is -0.389 e. The van der Waals surface area contributed by atoms with Crippen molar-refractivity contribution in [2.45, 2.75) is 57.6 Å². The number of nitrogens with two attached hydrogens (primary N) is 1. The minimum absolute atomic E-state index is 0.408. The summed E-state index contributed by atoms with van der Waals surface area (Å²) in [5.41, 5.74) is 2.29. The highest BCUT2D eigenvalue weighted by Crippen LogP contribution is 2.43. The van der Waals surface area contributed by atoms with Crippen LogP contribution in [-0.2, 0) is 0 Å². The average Bonchev–Trinajstić information content (AvgIpc) is 2.55. The molecular formula is C19H31N2O+. The van der Waals surface area contributed by atoms with Gasteiger partial charge in [-0.25, -0.2) is 0 Å². The molecule has 1 aliphatic carbocycles. The summed E-state index contributed by atoms with van der Waals surface area (Å²) in [5.74, 6) is 0.425. The van der Waals surface area contributed by atoms with E-state index in [1.165, 1.54) is 30.5 Å². The maximum Gasteiger partial charge on any atom is 0.117 e. The van der Waals surface area contributed by atoms with Gasteiger partial charge in [0.2, 0.25) is 0 Å². The second-order valence-corrected chi connectivity index (χ2v) is 7.02.